The van der Waals surface area contributed by atoms with E-state index in [2.05, 4.69) is 15.5 Å². The quantitative estimate of drug-likeness (QED) is 0.686. The molecule has 2 rings (SSSR count). The van der Waals surface area contributed by atoms with Gasteiger partial charge >= 0.3 is 0 Å². The first-order valence-corrected chi connectivity index (χ1v) is 6.41. The van der Waals surface area contributed by atoms with Crippen LogP contribution in [0.1, 0.15) is 34.1 Å². The number of aromatic nitrogens is 1. The molecule has 4 nitrogen and oxygen atoms in total. The van der Waals surface area contributed by atoms with E-state index in [1.807, 2.05) is 51.1 Å². The lowest BCUT2D eigenvalue weighted by Gasteiger charge is -2.05. The minimum absolute atomic E-state index is 0.219. The lowest BCUT2D eigenvalue weighted by molar-refractivity contribution is 0.0954. The highest BCUT2D eigenvalue weighted by atomic mass is 16.2. The Kier molecular flexibility index (Phi) is 4.25. The Morgan fingerprint density at radius 2 is 1.95 bits per heavy atom. The molecule has 0 spiro atoms. The molecule has 0 aliphatic heterocycles. The van der Waals surface area contributed by atoms with Gasteiger partial charge in [-0.2, -0.15) is 5.10 Å². The minimum atomic E-state index is -0.219. The number of pyridine rings is 1. The number of carbonyl (C=O) groups is 1. The highest BCUT2D eigenvalue weighted by molar-refractivity contribution is 5.99. The van der Waals surface area contributed by atoms with Crippen LogP contribution < -0.4 is 5.43 Å². The van der Waals surface area contributed by atoms with Crippen LogP contribution in [0.2, 0.25) is 0 Å². The summed E-state index contributed by atoms with van der Waals surface area (Å²) < 4.78 is 0. The van der Waals surface area contributed by atoms with Crippen molar-refractivity contribution in [2.45, 2.75) is 20.8 Å². The van der Waals surface area contributed by atoms with E-state index in [0.29, 0.717) is 11.3 Å². The molecular formula is C16H17N3O. The number of nitrogens with zero attached hydrogens (tertiary/aromatic N) is 2. The van der Waals surface area contributed by atoms with Gasteiger partial charge in [0.1, 0.15) is 0 Å². The van der Waals surface area contributed by atoms with Gasteiger partial charge in [0.2, 0.25) is 0 Å². The highest BCUT2D eigenvalue weighted by Gasteiger charge is 2.06. The summed E-state index contributed by atoms with van der Waals surface area (Å²) >= 11 is 0. The third-order valence-corrected chi connectivity index (χ3v) is 3.13. The predicted molar refractivity (Wildman–Crippen MR) is 79.8 cm³/mol. The summed E-state index contributed by atoms with van der Waals surface area (Å²) in [6.07, 6.45) is 1.69. The van der Waals surface area contributed by atoms with Crippen molar-refractivity contribution in [2.75, 3.05) is 0 Å². The van der Waals surface area contributed by atoms with E-state index in [9.17, 15) is 4.79 Å². The third kappa shape index (κ3) is 3.29. The molecule has 1 aromatic carbocycles. The van der Waals surface area contributed by atoms with Gasteiger partial charge in [0.05, 0.1) is 11.4 Å². The summed E-state index contributed by atoms with van der Waals surface area (Å²) in [5, 5.41) is 4.08. The van der Waals surface area contributed by atoms with Gasteiger partial charge in [-0.1, -0.05) is 12.1 Å². The number of nitrogens with one attached hydrogen (secondary N) is 1. The smallest absolute Gasteiger partial charge is 0.267 e. The first kappa shape index (κ1) is 13.9. The van der Waals surface area contributed by atoms with Crippen LogP contribution in [0.5, 0.6) is 0 Å². The topological polar surface area (TPSA) is 54.4 Å². The van der Waals surface area contributed by atoms with Crippen molar-refractivity contribution >= 4 is 11.6 Å². The van der Waals surface area contributed by atoms with E-state index in [-0.39, 0.29) is 5.91 Å². The van der Waals surface area contributed by atoms with Gasteiger partial charge < -0.3 is 0 Å². The van der Waals surface area contributed by atoms with E-state index in [1.54, 1.807) is 12.3 Å². The lowest BCUT2D eigenvalue weighted by atomic mass is 10.1. The molecule has 0 aliphatic rings. The van der Waals surface area contributed by atoms with Crippen LogP contribution in [0.4, 0.5) is 0 Å². The maximum Gasteiger partial charge on any atom is 0.271 e. The normalized spacial score (nSPS) is 11.2. The molecule has 0 radical (unpaired) electrons. The zero-order valence-corrected chi connectivity index (χ0v) is 11.8. The van der Waals surface area contributed by atoms with Gasteiger partial charge in [-0.15, -0.1) is 0 Å². The second-order valence-corrected chi connectivity index (χ2v) is 4.65. The predicted octanol–water partition coefficient (Wildman–Crippen LogP) is 2.85. The number of hydrogen-bond acceptors (Lipinski definition) is 3. The summed E-state index contributed by atoms with van der Waals surface area (Å²) in [7, 11) is 0. The summed E-state index contributed by atoms with van der Waals surface area (Å²) in [5.41, 5.74) is 6.82. The number of carbonyl (C=O) groups excluding carboxylic acids is 1. The Labute approximate surface area is 118 Å². The second-order valence-electron chi connectivity index (χ2n) is 4.65. The SMILES string of the molecule is C/C(=N/NC(=O)c1ccc(C)c(C)c1)c1ccccn1. The monoisotopic (exact) mass is 267 g/mol. The molecule has 20 heavy (non-hydrogen) atoms. The molecule has 1 N–H and O–H groups in total. The van der Waals surface area contributed by atoms with Crippen molar-refractivity contribution in [3.63, 3.8) is 0 Å². The fourth-order valence-corrected chi connectivity index (χ4v) is 1.72. The second kappa shape index (κ2) is 6.10. The van der Waals surface area contributed by atoms with Crippen LogP contribution in [0.25, 0.3) is 0 Å². The molecule has 0 atom stereocenters. The lowest BCUT2D eigenvalue weighted by Crippen LogP contribution is -2.19. The molecular weight excluding hydrogens is 250 g/mol. The Morgan fingerprint density at radius 1 is 1.15 bits per heavy atom. The van der Waals surface area contributed by atoms with Crippen molar-refractivity contribution in [3.05, 3.63) is 65.0 Å². The van der Waals surface area contributed by atoms with Crippen LogP contribution in [0.3, 0.4) is 0 Å². The van der Waals surface area contributed by atoms with Gasteiger partial charge in [-0.05, 0) is 56.2 Å². The summed E-state index contributed by atoms with van der Waals surface area (Å²) in [5.74, 6) is -0.219. The highest BCUT2D eigenvalue weighted by Crippen LogP contribution is 2.09. The first-order chi connectivity index (χ1) is 9.58. The van der Waals surface area contributed by atoms with Crippen molar-refractivity contribution in [1.29, 1.82) is 0 Å². The largest absolute Gasteiger partial charge is 0.271 e. The maximum atomic E-state index is 12.0. The zero-order chi connectivity index (χ0) is 14.5. The van der Waals surface area contributed by atoms with Crippen molar-refractivity contribution in [3.8, 4) is 0 Å². The molecule has 102 valence electrons. The molecule has 0 saturated heterocycles. The van der Waals surface area contributed by atoms with Crippen LogP contribution in [0, 0.1) is 13.8 Å². The fourth-order valence-electron chi connectivity index (χ4n) is 1.72. The molecule has 0 fully saturated rings. The minimum Gasteiger partial charge on any atom is -0.267 e. The molecule has 0 saturated carbocycles. The average molecular weight is 267 g/mol. The Bertz CT molecular complexity index is 648. The molecule has 0 unspecified atom stereocenters. The molecule has 1 heterocycles. The molecule has 0 aliphatic carbocycles. The Hall–Kier alpha value is -2.49. The van der Waals surface area contributed by atoms with E-state index in [4.69, 9.17) is 0 Å². The standard InChI is InChI=1S/C16H17N3O/c1-11-7-8-14(10-12(11)2)16(20)19-18-13(3)15-6-4-5-9-17-15/h4-10H,1-3H3,(H,19,20)/b18-13-. The molecule has 0 bridgehead atoms. The van der Waals surface area contributed by atoms with Crippen LogP contribution >= 0.6 is 0 Å². The van der Waals surface area contributed by atoms with Crippen LogP contribution in [0.15, 0.2) is 47.7 Å². The Morgan fingerprint density at radius 3 is 2.60 bits per heavy atom. The maximum absolute atomic E-state index is 12.0. The number of amides is 1. The number of hydrazone groups is 1. The molecule has 1 aromatic heterocycles. The van der Waals surface area contributed by atoms with Gasteiger partial charge in [0, 0.05) is 11.8 Å². The van der Waals surface area contributed by atoms with Gasteiger partial charge in [0.15, 0.2) is 0 Å². The fraction of sp³-hybridized carbons (Fsp3) is 0.188. The van der Waals surface area contributed by atoms with Crippen LogP contribution in [-0.2, 0) is 0 Å². The summed E-state index contributed by atoms with van der Waals surface area (Å²) in [4.78, 5) is 16.2. The van der Waals surface area contributed by atoms with Gasteiger partial charge in [-0.3, -0.25) is 9.78 Å². The van der Waals surface area contributed by atoms with E-state index in [0.717, 1.165) is 16.8 Å². The van der Waals surface area contributed by atoms with E-state index in [1.165, 1.54) is 0 Å². The molecule has 4 heteroatoms. The number of aryl methyl sites for hydroxylation is 2. The van der Waals surface area contributed by atoms with Gasteiger partial charge in [-0.25, -0.2) is 5.43 Å². The van der Waals surface area contributed by atoms with E-state index < -0.39 is 0 Å². The summed E-state index contributed by atoms with van der Waals surface area (Å²) in [6.45, 7) is 5.80. The molecule has 1 amide bonds. The van der Waals surface area contributed by atoms with Gasteiger partial charge in [0.25, 0.3) is 5.91 Å². The van der Waals surface area contributed by atoms with E-state index >= 15 is 0 Å². The zero-order valence-electron chi connectivity index (χ0n) is 11.8. The average Bonchev–Trinajstić information content (AvgIpc) is 2.48. The van der Waals surface area contributed by atoms with Crippen LogP contribution in [-0.4, -0.2) is 16.6 Å². The number of rotatable bonds is 3. The first-order valence-electron chi connectivity index (χ1n) is 6.41. The van der Waals surface area contributed by atoms with Crippen molar-refractivity contribution in [1.82, 2.24) is 10.4 Å². The van der Waals surface area contributed by atoms with Crippen molar-refractivity contribution in [2.24, 2.45) is 5.10 Å². The summed E-state index contributed by atoms with van der Waals surface area (Å²) in [6, 6.07) is 11.1. The third-order valence-electron chi connectivity index (χ3n) is 3.13. The Balaban J connectivity index is 2.10. The number of benzene rings is 1. The van der Waals surface area contributed by atoms with Crippen molar-refractivity contribution < 1.29 is 4.79 Å². The number of hydrogen-bond donors (Lipinski definition) is 1. The molecule has 2 aromatic rings.